The molecule has 3 aromatic carbocycles. The molecule has 0 saturated carbocycles. The summed E-state index contributed by atoms with van der Waals surface area (Å²) >= 11 is 6.63. The molecule has 0 aromatic heterocycles. The van der Waals surface area contributed by atoms with Gasteiger partial charge in [-0.05, 0) is 39.9 Å². The Hall–Kier alpha value is -1.79. The molecule has 0 nitrogen and oxygen atoms in total. The van der Waals surface area contributed by atoms with Crippen molar-refractivity contribution in [2.45, 2.75) is 18.7 Å². The average molecular weight is 281 g/mol. The van der Waals surface area contributed by atoms with Gasteiger partial charge in [0.25, 0.3) is 0 Å². The van der Waals surface area contributed by atoms with Crippen molar-refractivity contribution in [2.24, 2.45) is 0 Å². The van der Waals surface area contributed by atoms with Crippen molar-refractivity contribution in [2.75, 3.05) is 0 Å². The van der Waals surface area contributed by atoms with Crippen LogP contribution in [0, 0.1) is 0 Å². The predicted molar refractivity (Wildman–Crippen MR) is 87.5 cm³/mol. The number of benzene rings is 3. The summed E-state index contributed by atoms with van der Waals surface area (Å²) in [6.45, 7) is 2.16. The maximum Gasteiger partial charge on any atom is 0.0835 e. The zero-order chi connectivity index (χ0) is 13.9. The van der Waals surface area contributed by atoms with Gasteiger partial charge in [0.05, 0.1) is 5.38 Å². The van der Waals surface area contributed by atoms with Crippen LogP contribution in [0.4, 0.5) is 0 Å². The van der Waals surface area contributed by atoms with E-state index in [0.717, 1.165) is 17.5 Å². The second-order valence-corrected chi connectivity index (χ2v) is 5.50. The maximum absolute atomic E-state index is 6.63. The minimum Gasteiger partial charge on any atom is -0.113 e. The van der Waals surface area contributed by atoms with E-state index in [1.807, 2.05) is 0 Å². The van der Waals surface area contributed by atoms with Crippen LogP contribution >= 0.6 is 11.6 Å². The van der Waals surface area contributed by atoms with Gasteiger partial charge in [0, 0.05) is 0 Å². The fourth-order valence-electron chi connectivity index (χ4n) is 2.48. The van der Waals surface area contributed by atoms with E-state index >= 15 is 0 Å². The maximum atomic E-state index is 6.63. The Morgan fingerprint density at radius 2 is 1.45 bits per heavy atom. The third-order valence-electron chi connectivity index (χ3n) is 3.75. The van der Waals surface area contributed by atoms with Gasteiger partial charge < -0.3 is 0 Å². The lowest BCUT2D eigenvalue weighted by atomic mass is 9.99. The Morgan fingerprint density at radius 1 is 0.800 bits per heavy atom. The van der Waals surface area contributed by atoms with E-state index < -0.39 is 0 Å². The van der Waals surface area contributed by atoms with Crippen molar-refractivity contribution in [1.29, 1.82) is 0 Å². The molecule has 20 heavy (non-hydrogen) atoms. The van der Waals surface area contributed by atoms with E-state index in [1.54, 1.807) is 0 Å². The van der Waals surface area contributed by atoms with Gasteiger partial charge in [0.2, 0.25) is 0 Å². The first-order chi connectivity index (χ1) is 9.78. The molecule has 0 aliphatic heterocycles. The highest BCUT2D eigenvalue weighted by Crippen LogP contribution is 2.31. The van der Waals surface area contributed by atoms with Gasteiger partial charge in [-0.25, -0.2) is 0 Å². The molecule has 1 heteroatoms. The van der Waals surface area contributed by atoms with Gasteiger partial charge in [-0.3, -0.25) is 0 Å². The quantitative estimate of drug-likeness (QED) is 0.537. The molecule has 0 heterocycles. The van der Waals surface area contributed by atoms with E-state index in [4.69, 9.17) is 11.6 Å². The fraction of sp³-hybridized carbons (Fsp3) is 0.158. The van der Waals surface area contributed by atoms with E-state index in [2.05, 4.69) is 73.7 Å². The van der Waals surface area contributed by atoms with Crippen LogP contribution in [-0.2, 0) is 6.42 Å². The smallest absolute Gasteiger partial charge is 0.0835 e. The fourth-order valence-corrected chi connectivity index (χ4v) is 2.76. The van der Waals surface area contributed by atoms with Crippen molar-refractivity contribution >= 4 is 22.4 Å². The lowest BCUT2D eigenvalue weighted by Gasteiger charge is -2.12. The second-order valence-electron chi connectivity index (χ2n) is 5.06. The Morgan fingerprint density at radius 3 is 2.15 bits per heavy atom. The molecule has 0 fully saturated rings. The molecular weight excluding hydrogens is 264 g/mol. The molecule has 3 aromatic rings. The third-order valence-corrected chi connectivity index (χ3v) is 4.25. The van der Waals surface area contributed by atoms with E-state index in [1.165, 1.54) is 16.3 Å². The third kappa shape index (κ3) is 2.57. The van der Waals surface area contributed by atoms with Crippen molar-refractivity contribution in [1.82, 2.24) is 0 Å². The summed E-state index contributed by atoms with van der Waals surface area (Å²) in [6.07, 6.45) is 1.06. The molecule has 0 aliphatic rings. The summed E-state index contributed by atoms with van der Waals surface area (Å²) < 4.78 is 0. The van der Waals surface area contributed by atoms with Gasteiger partial charge in [-0.1, -0.05) is 67.6 Å². The highest BCUT2D eigenvalue weighted by molar-refractivity contribution is 6.22. The monoisotopic (exact) mass is 280 g/mol. The number of aryl methyl sites for hydroxylation is 1. The number of fused-ring (bicyclic) bond motifs is 1. The Bertz CT molecular complexity index is 713. The highest BCUT2D eigenvalue weighted by Gasteiger charge is 2.11. The average Bonchev–Trinajstić information content (AvgIpc) is 2.54. The van der Waals surface area contributed by atoms with E-state index in [-0.39, 0.29) is 5.38 Å². The summed E-state index contributed by atoms with van der Waals surface area (Å²) in [5.41, 5.74) is 3.64. The topological polar surface area (TPSA) is 0 Å². The first-order valence-electron chi connectivity index (χ1n) is 6.99. The molecule has 1 unspecified atom stereocenters. The molecule has 1 atom stereocenters. The van der Waals surface area contributed by atoms with E-state index in [0.29, 0.717) is 0 Å². The van der Waals surface area contributed by atoms with Gasteiger partial charge >= 0.3 is 0 Å². The van der Waals surface area contributed by atoms with Crippen LogP contribution in [0.15, 0.2) is 66.7 Å². The molecule has 0 saturated heterocycles. The molecule has 3 rings (SSSR count). The number of halogens is 1. The number of hydrogen-bond acceptors (Lipinski definition) is 0. The van der Waals surface area contributed by atoms with Crippen LogP contribution in [0.25, 0.3) is 10.8 Å². The van der Waals surface area contributed by atoms with Crippen molar-refractivity contribution in [3.63, 3.8) is 0 Å². The lowest BCUT2D eigenvalue weighted by molar-refractivity contribution is 1.10. The van der Waals surface area contributed by atoms with Crippen molar-refractivity contribution in [3.8, 4) is 0 Å². The first kappa shape index (κ1) is 13.2. The Labute approximate surface area is 125 Å². The predicted octanol–water partition coefficient (Wildman–Crippen LogP) is 5.73. The lowest BCUT2D eigenvalue weighted by Crippen LogP contribution is -1.94. The minimum atomic E-state index is -0.0921. The van der Waals surface area contributed by atoms with Crippen LogP contribution < -0.4 is 0 Å². The van der Waals surface area contributed by atoms with Gasteiger partial charge in [-0.2, -0.15) is 0 Å². The number of alkyl halides is 1. The molecule has 0 N–H and O–H groups in total. The standard InChI is InChI=1S/C19H17Cl/c1-2-14-7-9-16(10-8-14)19(20)18-12-11-15-5-3-4-6-17(15)13-18/h3-13,19H,2H2,1H3. The number of hydrogen-bond donors (Lipinski definition) is 0. The van der Waals surface area contributed by atoms with E-state index in [9.17, 15) is 0 Å². The van der Waals surface area contributed by atoms with Gasteiger partial charge in [0.15, 0.2) is 0 Å². The zero-order valence-electron chi connectivity index (χ0n) is 11.5. The summed E-state index contributed by atoms with van der Waals surface area (Å²) in [5, 5.41) is 2.40. The molecule has 0 spiro atoms. The first-order valence-corrected chi connectivity index (χ1v) is 7.43. The summed E-state index contributed by atoms with van der Waals surface area (Å²) in [7, 11) is 0. The molecule has 0 amide bonds. The van der Waals surface area contributed by atoms with Crippen LogP contribution in [0.5, 0.6) is 0 Å². The molecule has 0 aliphatic carbocycles. The Balaban J connectivity index is 1.96. The van der Waals surface area contributed by atoms with Crippen LogP contribution in [-0.4, -0.2) is 0 Å². The molecular formula is C19H17Cl. The highest BCUT2D eigenvalue weighted by atomic mass is 35.5. The summed E-state index contributed by atoms with van der Waals surface area (Å²) in [5.74, 6) is 0. The normalized spacial score (nSPS) is 12.5. The minimum absolute atomic E-state index is 0.0921. The SMILES string of the molecule is CCc1ccc(C(Cl)c2ccc3ccccc3c2)cc1. The van der Waals surface area contributed by atoms with Crippen LogP contribution in [0.2, 0.25) is 0 Å². The molecule has 0 radical (unpaired) electrons. The second kappa shape index (κ2) is 5.68. The Kier molecular flexibility index (Phi) is 3.75. The van der Waals surface area contributed by atoms with Gasteiger partial charge in [-0.15, -0.1) is 11.6 Å². The van der Waals surface area contributed by atoms with Crippen molar-refractivity contribution < 1.29 is 0 Å². The summed E-state index contributed by atoms with van der Waals surface area (Å²) in [6, 6.07) is 23.4. The molecule has 100 valence electrons. The van der Waals surface area contributed by atoms with Crippen LogP contribution in [0.3, 0.4) is 0 Å². The zero-order valence-corrected chi connectivity index (χ0v) is 12.3. The number of rotatable bonds is 3. The van der Waals surface area contributed by atoms with Crippen molar-refractivity contribution in [3.05, 3.63) is 83.4 Å². The largest absolute Gasteiger partial charge is 0.113 e. The van der Waals surface area contributed by atoms with Crippen LogP contribution in [0.1, 0.15) is 29.0 Å². The van der Waals surface area contributed by atoms with Gasteiger partial charge in [0.1, 0.15) is 0 Å². The summed E-state index contributed by atoms with van der Waals surface area (Å²) in [4.78, 5) is 0. The molecule has 0 bridgehead atoms.